The molecule has 3 aliphatic rings. The second kappa shape index (κ2) is 11.0. The lowest BCUT2D eigenvalue weighted by Gasteiger charge is -2.34. The number of ether oxygens (including phenoxy) is 2. The number of benzene rings is 3. The predicted octanol–water partition coefficient (Wildman–Crippen LogP) is 5.32. The highest BCUT2D eigenvalue weighted by atomic mass is 16.6. The summed E-state index contributed by atoms with van der Waals surface area (Å²) in [6.07, 6.45) is 4.32. The summed E-state index contributed by atoms with van der Waals surface area (Å²) in [7, 11) is 0. The number of fused-ring (bicyclic) bond motifs is 3. The van der Waals surface area contributed by atoms with Crippen LogP contribution in [0, 0.1) is 5.41 Å². The molecule has 4 aromatic rings. The third-order valence-electron chi connectivity index (χ3n) is 8.46. The number of carbonyl (C=O) groups excluding carboxylic acids is 3. The molecule has 2 bridgehead atoms. The third-order valence-corrected chi connectivity index (χ3v) is 8.46. The molecule has 1 aliphatic carbocycles. The zero-order chi connectivity index (χ0) is 29.4. The number of amides is 3. The Balaban J connectivity index is 0.993. The van der Waals surface area contributed by atoms with Crippen LogP contribution in [0.1, 0.15) is 25.7 Å². The molecule has 10 nitrogen and oxygen atoms in total. The Morgan fingerprint density at radius 1 is 0.814 bits per heavy atom. The van der Waals surface area contributed by atoms with Crippen molar-refractivity contribution in [3.05, 3.63) is 85.1 Å². The third kappa shape index (κ3) is 5.37. The van der Waals surface area contributed by atoms with Crippen molar-refractivity contribution in [3.8, 4) is 17.2 Å². The van der Waals surface area contributed by atoms with Gasteiger partial charge in [-0.15, -0.1) is 0 Å². The summed E-state index contributed by atoms with van der Waals surface area (Å²) in [5, 5.41) is 9.85. The Morgan fingerprint density at radius 3 is 2.14 bits per heavy atom. The maximum Gasteiger partial charge on any atom is 0.415 e. The average molecular weight is 578 g/mol. The molecular weight excluding hydrogens is 546 g/mol. The molecule has 0 unspecified atom stereocenters. The summed E-state index contributed by atoms with van der Waals surface area (Å²) in [4.78, 5) is 45.1. The zero-order valence-electron chi connectivity index (χ0n) is 23.4. The van der Waals surface area contributed by atoms with E-state index in [4.69, 9.17) is 9.47 Å². The van der Waals surface area contributed by atoms with Crippen LogP contribution in [0.2, 0.25) is 0 Å². The monoisotopic (exact) mass is 577 g/mol. The topological polar surface area (TPSA) is 122 Å². The summed E-state index contributed by atoms with van der Waals surface area (Å²) in [6.45, 7) is 1.59. The van der Waals surface area contributed by atoms with Gasteiger partial charge in [-0.2, -0.15) is 0 Å². The lowest BCUT2D eigenvalue weighted by Crippen LogP contribution is -2.54. The Kier molecular flexibility index (Phi) is 6.90. The molecule has 3 fully saturated rings. The lowest BCUT2D eigenvalue weighted by atomic mass is 10.0. The molecule has 2 saturated heterocycles. The fraction of sp³-hybridized carbons (Fsp3) is 0.273. The molecule has 43 heavy (non-hydrogen) atoms. The van der Waals surface area contributed by atoms with E-state index in [1.54, 1.807) is 60.8 Å². The molecule has 0 spiro atoms. The normalized spacial score (nSPS) is 19.9. The van der Waals surface area contributed by atoms with Crippen LogP contribution in [0.3, 0.4) is 0 Å². The molecule has 10 heteroatoms. The zero-order valence-corrected chi connectivity index (χ0v) is 23.4. The van der Waals surface area contributed by atoms with E-state index < -0.39 is 5.41 Å². The number of hydrogen-bond acceptors (Lipinski definition) is 7. The van der Waals surface area contributed by atoms with E-state index >= 15 is 0 Å². The molecule has 0 radical (unpaired) electrons. The van der Waals surface area contributed by atoms with Crippen molar-refractivity contribution in [2.24, 2.45) is 5.41 Å². The van der Waals surface area contributed by atoms with Crippen LogP contribution >= 0.6 is 0 Å². The SMILES string of the molecule is O=C(Oc1ccc2c(Oc3ccc(NC(=O)C4(C(=O)Nc5ccccc5)CC4)cc3)ccnc2c1)N1[C@@H]2CC[C@H]1CNC2. The Morgan fingerprint density at radius 2 is 1.47 bits per heavy atom. The maximum atomic E-state index is 13.0. The van der Waals surface area contributed by atoms with Crippen molar-refractivity contribution in [1.82, 2.24) is 15.2 Å². The van der Waals surface area contributed by atoms with Gasteiger partial charge in [0.1, 0.15) is 22.7 Å². The van der Waals surface area contributed by atoms with Crippen molar-refractivity contribution in [2.75, 3.05) is 23.7 Å². The summed E-state index contributed by atoms with van der Waals surface area (Å²) in [5.74, 6) is 0.976. The molecule has 3 heterocycles. The number of anilines is 2. The first-order valence-electron chi connectivity index (χ1n) is 14.5. The van der Waals surface area contributed by atoms with Gasteiger partial charge in [0.2, 0.25) is 11.8 Å². The van der Waals surface area contributed by atoms with Gasteiger partial charge >= 0.3 is 6.09 Å². The summed E-state index contributed by atoms with van der Waals surface area (Å²) in [5.41, 5.74) is 0.813. The smallest absolute Gasteiger partial charge is 0.415 e. The average Bonchev–Trinajstić information content (AvgIpc) is 3.80. The Labute approximate surface area is 248 Å². The number of hydrogen-bond donors (Lipinski definition) is 3. The van der Waals surface area contributed by atoms with Gasteiger partial charge in [0.15, 0.2) is 0 Å². The van der Waals surface area contributed by atoms with Crippen LogP contribution in [-0.2, 0) is 9.59 Å². The number of nitrogens with one attached hydrogen (secondary N) is 3. The molecule has 1 aromatic heterocycles. The number of aromatic nitrogens is 1. The molecule has 218 valence electrons. The van der Waals surface area contributed by atoms with Crippen molar-refractivity contribution in [3.63, 3.8) is 0 Å². The number of pyridine rings is 1. The fourth-order valence-corrected chi connectivity index (χ4v) is 5.92. The van der Waals surface area contributed by atoms with Crippen molar-refractivity contribution in [1.29, 1.82) is 0 Å². The largest absolute Gasteiger partial charge is 0.457 e. The Bertz CT molecular complexity index is 1670. The fourth-order valence-electron chi connectivity index (χ4n) is 5.92. The molecule has 2 atom stereocenters. The van der Waals surface area contributed by atoms with Gasteiger partial charge in [0.05, 0.1) is 5.52 Å². The van der Waals surface area contributed by atoms with Gasteiger partial charge in [0, 0.05) is 54.2 Å². The van der Waals surface area contributed by atoms with E-state index in [9.17, 15) is 14.4 Å². The quantitative estimate of drug-likeness (QED) is 0.254. The minimum absolute atomic E-state index is 0.179. The van der Waals surface area contributed by atoms with Crippen LogP contribution < -0.4 is 25.4 Å². The standard InChI is InChI=1S/C33H31N5O5/c39-30(36-21-4-2-1-3-5-21)33(15-16-33)31(40)37-22-6-10-25(11-7-22)42-29-14-17-35-28-18-26(12-13-27(28)29)43-32(41)38-23-8-9-24(38)20-34-19-23/h1-7,10-14,17-18,23-24,34H,8-9,15-16,19-20H2,(H,36,39)(H,37,40)/t23-,24+. The maximum absolute atomic E-state index is 13.0. The van der Waals surface area contributed by atoms with E-state index in [0.717, 1.165) is 31.3 Å². The first kappa shape index (κ1) is 26.9. The van der Waals surface area contributed by atoms with Gasteiger partial charge in [-0.1, -0.05) is 18.2 Å². The summed E-state index contributed by atoms with van der Waals surface area (Å²) < 4.78 is 11.9. The van der Waals surface area contributed by atoms with Gasteiger partial charge in [0.25, 0.3) is 0 Å². The molecule has 2 aliphatic heterocycles. The minimum Gasteiger partial charge on any atom is -0.457 e. The van der Waals surface area contributed by atoms with Crippen LogP contribution in [0.4, 0.5) is 16.2 Å². The number of carbonyl (C=O) groups is 3. The molecule has 7 rings (SSSR count). The number of rotatable bonds is 7. The molecule has 3 aromatic carbocycles. The van der Waals surface area contributed by atoms with Crippen molar-refractivity contribution >= 4 is 40.2 Å². The second-order valence-electron chi connectivity index (χ2n) is 11.3. The summed E-state index contributed by atoms with van der Waals surface area (Å²) in [6, 6.07) is 23.6. The van der Waals surface area contributed by atoms with Crippen LogP contribution in [0.25, 0.3) is 10.9 Å². The van der Waals surface area contributed by atoms with Gasteiger partial charge in [-0.05, 0) is 80.3 Å². The van der Waals surface area contributed by atoms with Crippen LogP contribution in [0.15, 0.2) is 85.1 Å². The number of piperazine rings is 1. The molecule has 1 saturated carbocycles. The molecule has 3 N–H and O–H groups in total. The second-order valence-corrected chi connectivity index (χ2v) is 11.3. The first-order chi connectivity index (χ1) is 21.0. The molecule has 3 amide bonds. The van der Waals surface area contributed by atoms with Crippen molar-refractivity contribution < 1.29 is 23.9 Å². The van der Waals surface area contributed by atoms with E-state index in [1.165, 1.54) is 0 Å². The highest BCUT2D eigenvalue weighted by Crippen LogP contribution is 2.47. The van der Waals surface area contributed by atoms with Gasteiger partial charge in [-0.25, -0.2) is 4.79 Å². The minimum atomic E-state index is -1.06. The van der Waals surface area contributed by atoms with Gasteiger partial charge in [-0.3, -0.25) is 19.5 Å². The van der Waals surface area contributed by atoms with E-state index in [-0.39, 0.29) is 30.0 Å². The van der Waals surface area contributed by atoms with E-state index in [2.05, 4.69) is 20.9 Å². The highest BCUT2D eigenvalue weighted by molar-refractivity contribution is 6.16. The summed E-state index contributed by atoms with van der Waals surface area (Å²) >= 11 is 0. The van der Waals surface area contributed by atoms with Crippen LogP contribution in [0.5, 0.6) is 17.2 Å². The first-order valence-corrected chi connectivity index (χ1v) is 14.5. The lowest BCUT2D eigenvalue weighted by molar-refractivity contribution is -0.131. The van der Waals surface area contributed by atoms with E-state index in [1.807, 2.05) is 29.2 Å². The number of para-hydroxylation sites is 1. The predicted molar refractivity (Wildman–Crippen MR) is 161 cm³/mol. The highest BCUT2D eigenvalue weighted by Gasteiger charge is 2.56. The van der Waals surface area contributed by atoms with Crippen LogP contribution in [-0.4, -0.2) is 53.0 Å². The molecular formula is C33H31N5O5. The number of nitrogens with zero attached hydrogens (tertiary/aromatic N) is 2. The van der Waals surface area contributed by atoms with E-state index in [0.29, 0.717) is 47.0 Å². The van der Waals surface area contributed by atoms with Crippen molar-refractivity contribution in [2.45, 2.75) is 37.8 Å². The van der Waals surface area contributed by atoms with Gasteiger partial charge < -0.3 is 25.4 Å². The Hall–Kier alpha value is -4.96.